The standard InChI is InChI=1S/C36H44N2O/c1-22(2)28-11-9-12-29(23(3)4)33(28)32-19-20-38(34-30(24(5)6)13-10-14-31(34)25(7)8)35(32)36(39)27-17-15-26(21-37)16-18-27/h9-18,22-25,32,39H,19-20H2,1-8H3/b36-35-. The second kappa shape index (κ2) is 11.7. The van der Waals surface area contributed by atoms with Crippen molar-refractivity contribution in [3.05, 3.63) is 105 Å². The lowest BCUT2D eigenvalue weighted by molar-refractivity contribution is 0.501. The average Bonchev–Trinajstić information content (AvgIpc) is 3.36. The van der Waals surface area contributed by atoms with Crippen LogP contribution < -0.4 is 4.90 Å². The highest BCUT2D eigenvalue weighted by Gasteiger charge is 2.38. The lowest BCUT2D eigenvalue weighted by Crippen LogP contribution is -2.23. The molecule has 3 aromatic rings. The van der Waals surface area contributed by atoms with Gasteiger partial charge in [-0.1, -0.05) is 91.8 Å². The van der Waals surface area contributed by atoms with Gasteiger partial charge < -0.3 is 10.0 Å². The van der Waals surface area contributed by atoms with Crippen molar-refractivity contribution in [3.8, 4) is 6.07 Å². The summed E-state index contributed by atoms with van der Waals surface area (Å²) in [5, 5.41) is 21.5. The van der Waals surface area contributed by atoms with Crippen LogP contribution in [0.25, 0.3) is 5.76 Å². The Morgan fingerprint density at radius 2 is 1.21 bits per heavy atom. The Balaban J connectivity index is 2.05. The fraction of sp³-hybridized carbons (Fsp3) is 0.417. The minimum atomic E-state index is 0.0665. The van der Waals surface area contributed by atoms with Gasteiger partial charge in [-0.3, -0.25) is 0 Å². The molecule has 0 spiro atoms. The number of anilines is 1. The van der Waals surface area contributed by atoms with Crippen molar-refractivity contribution in [3.63, 3.8) is 0 Å². The zero-order chi connectivity index (χ0) is 28.4. The smallest absolute Gasteiger partial charge is 0.142 e. The Hall–Kier alpha value is -3.51. The first kappa shape index (κ1) is 28.5. The molecule has 0 amide bonds. The van der Waals surface area contributed by atoms with E-state index in [4.69, 9.17) is 0 Å². The van der Waals surface area contributed by atoms with Gasteiger partial charge in [-0.15, -0.1) is 0 Å². The number of para-hydroxylation sites is 1. The number of benzene rings is 3. The van der Waals surface area contributed by atoms with Crippen molar-refractivity contribution in [2.45, 2.75) is 91.4 Å². The summed E-state index contributed by atoms with van der Waals surface area (Å²) in [5.74, 6) is 1.83. The van der Waals surface area contributed by atoms with Crippen LogP contribution in [-0.2, 0) is 0 Å². The van der Waals surface area contributed by atoms with E-state index in [-0.39, 0.29) is 5.92 Å². The topological polar surface area (TPSA) is 47.3 Å². The monoisotopic (exact) mass is 520 g/mol. The van der Waals surface area contributed by atoms with E-state index in [1.807, 2.05) is 12.1 Å². The molecule has 39 heavy (non-hydrogen) atoms. The summed E-state index contributed by atoms with van der Waals surface area (Å²) in [5.41, 5.74) is 10.3. The fourth-order valence-corrected chi connectivity index (χ4v) is 6.19. The van der Waals surface area contributed by atoms with Gasteiger partial charge in [0.15, 0.2) is 0 Å². The molecule has 3 aromatic carbocycles. The van der Waals surface area contributed by atoms with Crippen LogP contribution in [0, 0.1) is 11.3 Å². The molecule has 1 fully saturated rings. The first-order valence-corrected chi connectivity index (χ1v) is 14.5. The molecule has 1 aliphatic heterocycles. The molecule has 0 aromatic heterocycles. The lowest BCUT2D eigenvalue weighted by atomic mass is 9.80. The van der Waals surface area contributed by atoms with Crippen molar-refractivity contribution >= 4 is 11.4 Å². The molecule has 0 radical (unpaired) electrons. The molecule has 1 atom stereocenters. The fourth-order valence-electron chi connectivity index (χ4n) is 6.19. The van der Waals surface area contributed by atoms with Gasteiger partial charge in [0, 0.05) is 23.7 Å². The first-order valence-electron chi connectivity index (χ1n) is 14.5. The van der Waals surface area contributed by atoms with E-state index in [1.54, 1.807) is 12.1 Å². The molecule has 204 valence electrons. The molecule has 1 N–H and O–H groups in total. The third kappa shape index (κ3) is 5.48. The molecule has 0 bridgehead atoms. The summed E-state index contributed by atoms with van der Waals surface area (Å²) in [6, 6.07) is 23.0. The minimum Gasteiger partial charge on any atom is -0.505 e. The van der Waals surface area contributed by atoms with Crippen molar-refractivity contribution < 1.29 is 5.11 Å². The van der Waals surface area contributed by atoms with Gasteiger partial charge in [0.25, 0.3) is 0 Å². The van der Waals surface area contributed by atoms with E-state index < -0.39 is 0 Å². The second-order valence-electron chi connectivity index (χ2n) is 12.2. The molecule has 1 heterocycles. The highest BCUT2D eigenvalue weighted by atomic mass is 16.3. The minimum absolute atomic E-state index is 0.0665. The molecular formula is C36H44N2O. The third-order valence-corrected chi connectivity index (χ3v) is 8.17. The van der Waals surface area contributed by atoms with Crippen LogP contribution in [0.5, 0.6) is 0 Å². The van der Waals surface area contributed by atoms with Crippen LogP contribution >= 0.6 is 0 Å². The van der Waals surface area contributed by atoms with Crippen molar-refractivity contribution in [2.75, 3.05) is 11.4 Å². The van der Waals surface area contributed by atoms with E-state index in [0.717, 1.165) is 24.2 Å². The van der Waals surface area contributed by atoms with Crippen molar-refractivity contribution in [2.24, 2.45) is 0 Å². The Labute approximate surface area is 235 Å². The number of aliphatic hydroxyl groups excluding tert-OH is 1. The number of nitrogens with zero attached hydrogens (tertiary/aromatic N) is 2. The first-order chi connectivity index (χ1) is 18.6. The van der Waals surface area contributed by atoms with E-state index in [2.05, 4.69) is 103 Å². The van der Waals surface area contributed by atoms with Crippen LogP contribution in [0.2, 0.25) is 0 Å². The zero-order valence-electron chi connectivity index (χ0n) is 24.9. The average molecular weight is 521 g/mol. The summed E-state index contributed by atoms with van der Waals surface area (Å²) < 4.78 is 0. The number of rotatable bonds is 7. The number of hydrogen-bond donors (Lipinski definition) is 1. The second-order valence-corrected chi connectivity index (χ2v) is 12.2. The Morgan fingerprint density at radius 3 is 1.64 bits per heavy atom. The third-order valence-electron chi connectivity index (χ3n) is 8.17. The molecular weight excluding hydrogens is 476 g/mol. The Morgan fingerprint density at radius 1 is 0.744 bits per heavy atom. The quantitative estimate of drug-likeness (QED) is 0.315. The summed E-state index contributed by atoms with van der Waals surface area (Å²) in [6.07, 6.45) is 0.934. The van der Waals surface area contributed by atoms with Crippen LogP contribution in [0.3, 0.4) is 0 Å². The largest absolute Gasteiger partial charge is 0.505 e. The molecule has 3 heteroatoms. The zero-order valence-corrected chi connectivity index (χ0v) is 24.9. The number of allylic oxidation sites excluding steroid dienone is 1. The highest BCUT2D eigenvalue weighted by molar-refractivity contribution is 5.76. The molecule has 0 aliphatic carbocycles. The summed E-state index contributed by atoms with van der Waals surface area (Å²) in [4.78, 5) is 2.42. The highest BCUT2D eigenvalue weighted by Crippen LogP contribution is 2.49. The SMILES string of the molecule is CC(C)c1cccc(C(C)C)c1C1CCN(c2c(C(C)C)cccc2C(C)C)/C1=C(\O)c1ccc(C#N)cc1. The van der Waals surface area contributed by atoms with Gasteiger partial charge in [-0.2, -0.15) is 5.26 Å². The molecule has 4 rings (SSSR count). The number of nitriles is 1. The van der Waals surface area contributed by atoms with Gasteiger partial charge in [0.05, 0.1) is 17.3 Å². The van der Waals surface area contributed by atoms with Gasteiger partial charge >= 0.3 is 0 Å². The summed E-state index contributed by atoms with van der Waals surface area (Å²) in [7, 11) is 0. The van der Waals surface area contributed by atoms with Gasteiger partial charge in [0.2, 0.25) is 0 Å². The van der Waals surface area contributed by atoms with Crippen LogP contribution in [0.15, 0.2) is 66.4 Å². The summed E-state index contributed by atoms with van der Waals surface area (Å²) in [6.45, 7) is 18.9. The van der Waals surface area contributed by atoms with E-state index in [9.17, 15) is 10.4 Å². The van der Waals surface area contributed by atoms with E-state index in [0.29, 0.717) is 35.0 Å². The van der Waals surface area contributed by atoms with Crippen molar-refractivity contribution in [1.82, 2.24) is 0 Å². The predicted molar refractivity (Wildman–Crippen MR) is 165 cm³/mol. The Kier molecular flexibility index (Phi) is 8.55. The van der Waals surface area contributed by atoms with Gasteiger partial charge in [0.1, 0.15) is 5.76 Å². The van der Waals surface area contributed by atoms with E-state index in [1.165, 1.54) is 33.5 Å². The van der Waals surface area contributed by atoms with Crippen LogP contribution in [0.1, 0.15) is 130 Å². The van der Waals surface area contributed by atoms with Crippen molar-refractivity contribution in [1.29, 1.82) is 5.26 Å². The normalized spacial score (nSPS) is 17.0. The molecule has 1 aliphatic rings. The van der Waals surface area contributed by atoms with Gasteiger partial charge in [-0.05, 0) is 82.2 Å². The van der Waals surface area contributed by atoms with E-state index >= 15 is 0 Å². The van der Waals surface area contributed by atoms with Crippen LogP contribution in [0.4, 0.5) is 5.69 Å². The molecule has 3 nitrogen and oxygen atoms in total. The molecule has 1 saturated heterocycles. The number of hydrogen-bond acceptors (Lipinski definition) is 3. The predicted octanol–water partition coefficient (Wildman–Crippen LogP) is 9.97. The van der Waals surface area contributed by atoms with Crippen LogP contribution in [-0.4, -0.2) is 11.7 Å². The van der Waals surface area contributed by atoms with Gasteiger partial charge in [-0.25, -0.2) is 0 Å². The molecule has 1 unspecified atom stereocenters. The maximum absolute atomic E-state index is 12.1. The lowest BCUT2D eigenvalue weighted by Gasteiger charge is -2.32. The Bertz CT molecular complexity index is 1260. The molecule has 0 saturated carbocycles. The summed E-state index contributed by atoms with van der Waals surface area (Å²) >= 11 is 0. The maximum Gasteiger partial charge on any atom is 0.142 e. The maximum atomic E-state index is 12.1. The number of aliphatic hydroxyl groups is 1.